The molecule has 1 aliphatic heterocycles. The van der Waals surface area contributed by atoms with Gasteiger partial charge >= 0.3 is 0 Å². The van der Waals surface area contributed by atoms with Gasteiger partial charge in [0.05, 0.1) is 18.8 Å². The Hall–Kier alpha value is -1.66. The SMILES string of the molecule is O=C(Cn1ccccc1=O)N[C@@H]1COCC[C@@H]1OCC1CC1. The smallest absolute Gasteiger partial charge is 0.250 e. The van der Waals surface area contributed by atoms with Gasteiger partial charge in [-0.15, -0.1) is 0 Å². The zero-order valence-corrected chi connectivity index (χ0v) is 12.6. The summed E-state index contributed by atoms with van der Waals surface area (Å²) in [4.78, 5) is 23.8. The Kier molecular flexibility index (Phi) is 4.90. The molecule has 0 unspecified atom stereocenters. The molecular formula is C16H22N2O4. The van der Waals surface area contributed by atoms with Crippen LogP contribution in [0.4, 0.5) is 0 Å². The second-order valence-corrected chi connectivity index (χ2v) is 6.02. The molecule has 2 atom stereocenters. The fourth-order valence-corrected chi connectivity index (χ4v) is 2.60. The zero-order chi connectivity index (χ0) is 15.4. The number of carbonyl (C=O) groups excluding carboxylic acids is 1. The Morgan fingerprint density at radius 1 is 1.36 bits per heavy atom. The highest BCUT2D eigenvalue weighted by Crippen LogP contribution is 2.30. The largest absolute Gasteiger partial charge is 0.379 e. The standard InChI is InChI=1S/C16H22N2O4/c19-15(9-18-7-2-1-3-16(18)20)17-13-11-21-8-6-14(13)22-10-12-4-5-12/h1-3,7,12-14H,4-6,8-11H2,(H,17,19)/t13-,14+/m1/s1. The fourth-order valence-electron chi connectivity index (χ4n) is 2.60. The number of ether oxygens (including phenoxy) is 2. The van der Waals surface area contributed by atoms with Gasteiger partial charge in [-0.2, -0.15) is 0 Å². The first-order valence-corrected chi connectivity index (χ1v) is 7.86. The summed E-state index contributed by atoms with van der Waals surface area (Å²) in [7, 11) is 0. The van der Waals surface area contributed by atoms with Crippen LogP contribution in [0.1, 0.15) is 19.3 Å². The van der Waals surface area contributed by atoms with Crippen molar-refractivity contribution in [3.63, 3.8) is 0 Å². The lowest BCUT2D eigenvalue weighted by Gasteiger charge is -2.32. The number of hydrogen-bond donors (Lipinski definition) is 1. The number of amides is 1. The lowest BCUT2D eigenvalue weighted by molar-refractivity contribution is -0.126. The van der Waals surface area contributed by atoms with E-state index in [1.54, 1.807) is 18.3 Å². The molecule has 120 valence electrons. The molecule has 0 spiro atoms. The van der Waals surface area contributed by atoms with E-state index in [1.165, 1.54) is 23.5 Å². The van der Waals surface area contributed by atoms with E-state index in [-0.39, 0.29) is 30.2 Å². The van der Waals surface area contributed by atoms with Crippen LogP contribution in [0.2, 0.25) is 0 Å². The van der Waals surface area contributed by atoms with Crippen molar-refractivity contribution in [2.24, 2.45) is 5.92 Å². The van der Waals surface area contributed by atoms with Gasteiger partial charge in [0.15, 0.2) is 0 Å². The molecule has 0 radical (unpaired) electrons. The van der Waals surface area contributed by atoms with Crippen molar-refractivity contribution in [1.82, 2.24) is 9.88 Å². The number of carbonyl (C=O) groups is 1. The van der Waals surface area contributed by atoms with Crippen LogP contribution in [0.25, 0.3) is 0 Å². The third-order valence-electron chi connectivity index (χ3n) is 4.10. The molecule has 6 nitrogen and oxygen atoms in total. The number of pyridine rings is 1. The van der Waals surface area contributed by atoms with Crippen molar-refractivity contribution < 1.29 is 14.3 Å². The second kappa shape index (κ2) is 7.07. The first kappa shape index (κ1) is 15.2. The van der Waals surface area contributed by atoms with E-state index < -0.39 is 0 Å². The third kappa shape index (κ3) is 4.18. The van der Waals surface area contributed by atoms with Gasteiger partial charge < -0.3 is 19.4 Å². The molecule has 1 aliphatic carbocycles. The summed E-state index contributed by atoms with van der Waals surface area (Å²) >= 11 is 0. The third-order valence-corrected chi connectivity index (χ3v) is 4.10. The van der Waals surface area contributed by atoms with E-state index in [9.17, 15) is 9.59 Å². The molecule has 0 aromatic carbocycles. The van der Waals surface area contributed by atoms with Crippen LogP contribution in [0.15, 0.2) is 29.2 Å². The fraction of sp³-hybridized carbons (Fsp3) is 0.625. The van der Waals surface area contributed by atoms with Crippen LogP contribution in [-0.2, 0) is 20.8 Å². The van der Waals surface area contributed by atoms with Gasteiger partial charge in [0, 0.05) is 25.5 Å². The van der Waals surface area contributed by atoms with E-state index >= 15 is 0 Å². The van der Waals surface area contributed by atoms with Crippen LogP contribution >= 0.6 is 0 Å². The predicted molar refractivity (Wildman–Crippen MR) is 80.5 cm³/mol. The molecule has 0 bridgehead atoms. The van der Waals surface area contributed by atoms with E-state index in [4.69, 9.17) is 9.47 Å². The Morgan fingerprint density at radius 2 is 2.23 bits per heavy atom. The zero-order valence-electron chi connectivity index (χ0n) is 12.6. The molecule has 3 rings (SSSR count). The number of nitrogens with zero attached hydrogens (tertiary/aromatic N) is 1. The summed E-state index contributed by atoms with van der Waals surface area (Å²) in [6, 6.07) is 4.70. The Balaban J connectivity index is 1.53. The van der Waals surface area contributed by atoms with Crippen molar-refractivity contribution in [1.29, 1.82) is 0 Å². The molecule has 2 aliphatic rings. The molecule has 1 N–H and O–H groups in total. The van der Waals surface area contributed by atoms with E-state index in [0.717, 1.165) is 13.0 Å². The van der Waals surface area contributed by atoms with Crippen molar-refractivity contribution in [3.8, 4) is 0 Å². The van der Waals surface area contributed by atoms with Crippen molar-refractivity contribution >= 4 is 5.91 Å². The molecule has 2 heterocycles. The predicted octanol–water partition coefficient (Wildman–Crippen LogP) is 0.549. The van der Waals surface area contributed by atoms with Crippen molar-refractivity contribution in [2.75, 3.05) is 19.8 Å². The average molecular weight is 306 g/mol. The maximum Gasteiger partial charge on any atom is 0.250 e. The van der Waals surface area contributed by atoms with Crippen molar-refractivity contribution in [2.45, 2.75) is 38.0 Å². The minimum Gasteiger partial charge on any atom is -0.379 e. The summed E-state index contributed by atoms with van der Waals surface area (Å²) in [6.45, 7) is 1.92. The van der Waals surface area contributed by atoms with Crippen molar-refractivity contribution in [3.05, 3.63) is 34.7 Å². The minimum atomic E-state index is -0.191. The minimum absolute atomic E-state index is 0.00537. The average Bonchev–Trinajstić information content (AvgIpc) is 3.33. The molecule has 2 fully saturated rings. The normalized spacial score (nSPS) is 24.9. The molecule has 22 heavy (non-hydrogen) atoms. The van der Waals surface area contributed by atoms with Gasteiger partial charge in [0.1, 0.15) is 6.54 Å². The maximum atomic E-state index is 12.1. The molecule has 1 amide bonds. The van der Waals surface area contributed by atoms with Gasteiger partial charge in [-0.3, -0.25) is 9.59 Å². The number of aromatic nitrogens is 1. The molecule has 1 saturated carbocycles. The second-order valence-electron chi connectivity index (χ2n) is 6.02. The van der Waals surface area contributed by atoms with Crippen LogP contribution < -0.4 is 10.9 Å². The summed E-state index contributed by atoms with van der Waals surface area (Å²) in [5, 5.41) is 2.94. The number of nitrogens with one attached hydrogen (secondary N) is 1. The lowest BCUT2D eigenvalue weighted by atomic mass is 10.1. The number of hydrogen-bond acceptors (Lipinski definition) is 4. The Labute approximate surface area is 129 Å². The molecule has 1 aromatic rings. The molecule has 6 heteroatoms. The first-order chi connectivity index (χ1) is 10.7. The summed E-state index contributed by atoms with van der Waals surface area (Å²) in [5.74, 6) is 0.505. The summed E-state index contributed by atoms with van der Waals surface area (Å²) in [6.07, 6.45) is 4.91. The summed E-state index contributed by atoms with van der Waals surface area (Å²) < 4.78 is 12.8. The van der Waals surface area contributed by atoms with Crippen LogP contribution in [0, 0.1) is 5.92 Å². The van der Waals surface area contributed by atoms with Crippen LogP contribution in [0.3, 0.4) is 0 Å². The lowest BCUT2D eigenvalue weighted by Crippen LogP contribution is -2.51. The van der Waals surface area contributed by atoms with E-state index in [0.29, 0.717) is 19.1 Å². The molecule has 1 aromatic heterocycles. The highest BCUT2D eigenvalue weighted by Gasteiger charge is 2.30. The van der Waals surface area contributed by atoms with Gasteiger partial charge in [0.2, 0.25) is 5.91 Å². The van der Waals surface area contributed by atoms with Crippen LogP contribution in [0.5, 0.6) is 0 Å². The van der Waals surface area contributed by atoms with Gasteiger partial charge in [0.25, 0.3) is 5.56 Å². The topological polar surface area (TPSA) is 69.6 Å². The Bertz CT molecular complexity index is 567. The van der Waals surface area contributed by atoms with Gasteiger partial charge in [-0.1, -0.05) is 6.07 Å². The van der Waals surface area contributed by atoms with E-state index in [1.807, 2.05) is 0 Å². The quantitative estimate of drug-likeness (QED) is 0.833. The summed E-state index contributed by atoms with van der Waals surface area (Å²) in [5.41, 5.74) is -0.181. The highest BCUT2D eigenvalue weighted by atomic mass is 16.5. The van der Waals surface area contributed by atoms with Gasteiger partial charge in [-0.25, -0.2) is 0 Å². The Morgan fingerprint density at radius 3 is 3.00 bits per heavy atom. The monoisotopic (exact) mass is 306 g/mol. The van der Waals surface area contributed by atoms with Gasteiger partial charge in [-0.05, 0) is 31.2 Å². The maximum absolute atomic E-state index is 12.1. The first-order valence-electron chi connectivity index (χ1n) is 7.86. The highest BCUT2D eigenvalue weighted by molar-refractivity contribution is 5.76. The van der Waals surface area contributed by atoms with Crippen LogP contribution in [-0.4, -0.2) is 42.4 Å². The molecular weight excluding hydrogens is 284 g/mol. The molecule has 1 saturated heterocycles. The number of rotatable bonds is 6. The van der Waals surface area contributed by atoms with E-state index in [2.05, 4.69) is 5.32 Å².